The molecule has 0 bridgehead atoms. The topological polar surface area (TPSA) is 54.2 Å². The number of hydrogen-bond acceptors (Lipinski definition) is 2. The molecule has 680 valence electrons. The maximum absolute atomic E-state index is 8.98. The first kappa shape index (κ1) is 88.4. The molecule has 8 nitrogen and oxygen atoms in total. The van der Waals surface area contributed by atoms with Gasteiger partial charge in [-0.05, 0) is 329 Å². The normalized spacial score (nSPS) is 11.6. The molecule has 0 unspecified atom stereocenters. The lowest BCUT2D eigenvalue weighted by atomic mass is 9.96. The maximum atomic E-state index is 8.98. The lowest BCUT2D eigenvalue weighted by Crippen LogP contribution is -2.05. The van der Waals surface area contributed by atoms with Gasteiger partial charge in [0, 0.05) is 65.6 Å². The van der Waals surface area contributed by atoms with E-state index < -0.39 is 0 Å². The highest BCUT2D eigenvalue weighted by molar-refractivity contribution is 6.17. The molecule has 8 heteroatoms. The number of benzene rings is 18. The maximum Gasteiger partial charge on any atom is 0.197 e. The summed E-state index contributed by atoms with van der Waals surface area (Å²) in [6.45, 7) is 48.1. The largest absolute Gasteiger partial charge is 0.308 e. The Labute approximate surface area is 829 Å². The first-order valence-electron chi connectivity index (χ1n) is 48.9. The van der Waals surface area contributed by atoms with E-state index in [9.17, 15) is 0 Å². The van der Waals surface area contributed by atoms with Gasteiger partial charge in [-0.15, -0.1) is 0 Å². The molecule has 24 aromatic rings. The summed E-state index contributed by atoms with van der Waals surface area (Å²) in [5, 5.41) is 9.27. The number of para-hydroxylation sites is 2. The second kappa shape index (κ2) is 35.5. The van der Waals surface area contributed by atoms with Crippen LogP contribution >= 0.6 is 0 Å². The van der Waals surface area contributed by atoms with Crippen LogP contribution in [0.15, 0.2) is 376 Å². The molecule has 0 saturated heterocycles. The van der Waals surface area contributed by atoms with Crippen LogP contribution in [-0.4, -0.2) is 28.2 Å². The molecule has 0 aliphatic rings. The summed E-state index contributed by atoms with van der Waals surface area (Å²) in [6, 6.07) is 137. The fraction of sp³-hybridized carbons (Fsp3) is 0.104. The van der Waals surface area contributed by atoms with Gasteiger partial charge in [-0.1, -0.05) is 300 Å². The Bertz CT molecular complexity index is 9180. The van der Waals surface area contributed by atoms with Crippen LogP contribution in [0.2, 0.25) is 0 Å². The third-order valence-corrected chi connectivity index (χ3v) is 29.1. The molecule has 6 heterocycles. The number of aryl methyl sites for hydroxylation is 14. The van der Waals surface area contributed by atoms with Crippen LogP contribution in [0.5, 0.6) is 0 Å². The molecule has 0 aliphatic heterocycles. The van der Waals surface area contributed by atoms with Crippen molar-refractivity contribution in [2.75, 3.05) is 0 Å². The number of nitrogens with zero attached hydrogens (tertiary/aromatic N) is 8. The van der Waals surface area contributed by atoms with E-state index in [0.29, 0.717) is 11.4 Å². The predicted molar refractivity (Wildman–Crippen MR) is 599 cm³/mol. The Hall–Kier alpha value is -17.6. The third kappa shape index (κ3) is 15.6. The van der Waals surface area contributed by atoms with Crippen molar-refractivity contribution in [3.05, 3.63) is 477 Å². The molecule has 24 rings (SSSR count). The molecule has 0 fully saturated rings. The summed E-state index contributed by atoms with van der Waals surface area (Å²) in [5.74, 6) is 0. The molecular weight excluding hydrogens is 1720 g/mol. The van der Waals surface area contributed by atoms with Gasteiger partial charge in [-0.3, -0.25) is 4.98 Å². The van der Waals surface area contributed by atoms with Crippen molar-refractivity contribution in [1.82, 2.24) is 28.2 Å². The van der Waals surface area contributed by atoms with Crippen LogP contribution in [0.4, 0.5) is 11.4 Å². The molecule has 18 aromatic carbocycles. The third-order valence-electron chi connectivity index (χ3n) is 29.1. The summed E-state index contributed by atoms with van der Waals surface area (Å²) in [4.78, 5) is 18.8. The summed E-state index contributed by atoms with van der Waals surface area (Å²) in [5.41, 5.74) is 51.9. The van der Waals surface area contributed by atoms with E-state index in [4.69, 9.17) is 23.1 Å². The molecule has 142 heavy (non-hydrogen) atoms. The lowest BCUT2D eigenvalue weighted by Gasteiger charge is -2.21. The van der Waals surface area contributed by atoms with Gasteiger partial charge >= 0.3 is 0 Å². The van der Waals surface area contributed by atoms with Gasteiger partial charge in [0.1, 0.15) is 0 Å². The SMILES string of the molecule is [C-]#[N+]c1cc(-n2c3cc(-c4ccc(C)cc4C)ccc3c3ccc(-c4ccc(C)cc4C)cc32)c(-n2c3cc(-c4ccc(C)cc4C)ccc3c3ccc(-c4ccc(C)cc4C)cc32)cc1-c1cc(C)nc(C)c1.[C-]#[N+]c1cc(-n2c3ccccc3c3cc(-c4ccc(C)cc4C)ccc32)c(-n2c3ccccc3c3cc(-c4ccc(C)cc4C)ccc32)cc1-c1cc(-c2ccccc2)nc(-c2ccccc2)c1. The van der Waals surface area contributed by atoms with Gasteiger partial charge in [0.25, 0.3) is 0 Å². The first-order valence-corrected chi connectivity index (χ1v) is 48.9. The molecule has 0 radical (unpaired) electrons. The highest BCUT2D eigenvalue weighted by Crippen LogP contribution is 2.51. The van der Waals surface area contributed by atoms with Gasteiger partial charge in [0.2, 0.25) is 0 Å². The average Bonchev–Trinajstić information content (AvgIpc) is 1.55. The molecular formula is C134H104N8. The van der Waals surface area contributed by atoms with Crippen molar-refractivity contribution in [3.63, 3.8) is 0 Å². The highest BCUT2D eigenvalue weighted by Gasteiger charge is 2.29. The molecule has 0 N–H and O–H groups in total. The summed E-state index contributed by atoms with van der Waals surface area (Å²) < 4.78 is 9.76. The van der Waals surface area contributed by atoms with E-state index in [-0.39, 0.29) is 0 Å². The van der Waals surface area contributed by atoms with E-state index >= 15 is 0 Å². The zero-order valence-corrected chi connectivity index (χ0v) is 82.4. The van der Waals surface area contributed by atoms with Crippen LogP contribution in [-0.2, 0) is 0 Å². The number of hydrogen-bond donors (Lipinski definition) is 0. The zero-order chi connectivity index (χ0) is 97.3. The van der Waals surface area contributed by atoms with Crippen molar-refractivity contribution in [3.8, 4) is 134 Å². The van der Waals surface area contributed by atoms with E-state index in [0.717, 1.165) is 183 Å². The van der Waals surface area contributed by atoms with E-state index in [1.807, 2.05) is 50.2 Å². The van der Waals surface area contributed by atoms with Crippen LogP contribution in [0.1, 0.15) is 78.1 Å². The Kier molecular flexibility index (Phi) is 22.1. The second-order valence-electron chi connectivity index (χ2n) is 39.1. The van der Waals surface area contributed by atoms with Crippen molar-refractivity contribution in [1.29, 1.82) is 0 Å². The molecule has 0 atom stereocenters. The van der Waals surface area contributed by atoms with Crippen LogP contribution in [0.3, 0.4) is 0 Å². The lowest BCUT2D eigenvalue weighted by molar-refractivity contribution is 1.10. The number of pyridine rings is 2. The van der Waals surface area contributed by atoms with Crippen LogP contribution < -0.4 is 0 Å². The highest BCUT2D eigenvalue weighted by atomic mass is 15.1. The van der Waals surface area contributed by atoms with E-state index in [1.165, 1.54) is 117 Å². The van der Waals surface area contributed by atoms with Crippen molar-refractivity contribution in [2.45, 2.75) is 96.9 Å². The average molecular weight is 1830 g/mol. The Morgan fingerprint density at radius 3 is 0.732 bits per heavy atom. The minimum atomic E-state index is 0.559. The standard InChI is InChI=1S/C70H58N4.C64H46N4/c1-40-12-20-55(44(5)28-40)50-16-24-59-60-25-17-51(56-21-13-41(2)29-45(56)6)35-66(60)73(65(59)34-50)69-38-63(54-32-48(9)72-49(10)33-54)64(71-11)39-70(69)74-67-36-52(57-22-14-42(3)30-46(57)7)18-26-61(67)62-27-19-53(37-68(62)74)58-23-15-43(4)31-47(58)8;1-40-24-28-49(42(3)32-40)46-26-30-61-54(34-46)51-20-12-14-22-59(51)67(61)63-38-53(48-36-56(44-16-8-6-9-17-44)66-57(37-48)45-18-10-7-11-19-45)58(65-5)39-64(63)68-60-23-15-13-21-52(60)55-35-47(27-31-62(55)68)50-29-25-41(2)33-43(50)4/h12-39H,1-10H3;6-39H,1-4H3. The predicted octanol–water partition coefficient (Wildman–Crippen LogP) is 36.6. The number of aromatic nitrogens is 6. The fourth-order valence-electron chi connectivity index (χ4n) is 22.5. The van der Waals surface area contributed by atoms with Gasteiger partial charge in [0.05, 0.1) is 91.4 Å². The molecule has 0 aliphatic carbocycles. The smallest absolute Gasteiger partial charge is 0.197 e. The fourth-order valence-corrected chi connectivity index (χ4v) is 22.5. The minimum absolute atomic E-state index is 0.559. The van der Waals surface area contributed by atoms with Gasteiger partial charge < -0.3 is 18.3 Å². The van der Waals surface area contributed by atoms with E-state index in [2.05, 4.69) is 451 Å². The first-order chi connectivity index (χ1) is 69.0. The molecule has 0 saturated carbocycles. The van der Waals surface area contributed by atoms with Gasteiger partial charge in [-0.2, -0.15) is 0 Å². The van der Waals surface area contributed by atoms with Crippen LogP contribution in [0.25, 0.3) is 231 Å². The summed E-state index contributed by atoms with van der Waals surface area (Å²) in [7, 11) is 0. The molecule has 6 aromatic heterocycles. The van der Waals surface area contributed by atoms with Crippen molar-refractivity contribution in [2.24, 2.45) is 0 Å². The Morgan fingerprint density at radius 2 is 0.430 bits per heavy atom. The summed E-state index contributed by atoms with van der Waals surface area (Å²) in [6.07, 6.45) is 0. The van der Waals surface area contributed by atoms with E-state index in [1.54, 1.807) is 0 Å². The monoisotopic (exact) mass is 1820 g/mol. The second-order valence-corrected chi connectivity index (χ2v) is 39.1. The van der Waals surface area contributed by atoms with Crippen molar-refractivity contribution < 1.29 is 0 Å². The van der Waals surface area contributed by atoms with Gasteiger partial charge in [0.15, 0.2) is 11.4 Å². The zero-order valence-electron chi connectivity index (χ0n) is 82.4. The number of fused-ring (bicyclic) bond motifs is 12. The number of rotatable bonds is 14. The minimum Gasteiger partial charge on any atom is -0.308 e. The Morgan fingerprint density at radius 1 is 0.176 bits per heavy atom. The van der Waals surface area contributed by atoms with Crippen molar-refractivity contribution >= 4 is 98.6 Å². The Balaban J connectivity index is 0.000000158. The molecule has 0 spiro atoms. The van der Waals surface area contributed by atoms with Gasteiger partial charge in [-0.25, -0.2) is 14.7 Å². The van der Waals surface area contributed by atoms with Crippen LogP contribution in [0, 0.1) is 110 Å². The molecule has 0 amide bonds. The quantitative estimate of drug-likeness (QED) is 0.102. The summed E-state index contributed by atoms with van der Waals surface area (Å²) >= 11 is 0.